The second-order valence-corrected chi connectivity index (χ2v) is 7.86. The maximum absolute atomic E-state index is 14.6. The van der Waals surface area contributed by atoms with E-state index in [9.17, 15) is 18.4 Å². The summed E-state index contributed by atoms with van der Waals surface area (Å²) in [5.74, 6) is -3.22. The molecule has 1 amide bonds. The third-order valence-corrected chi connectivity index (χ3v) is 5.64. The van der Waals surface area contributed by atoms with E-state index < -0.39 is 17.9 Å². The van der Waals surface area contributed by atoms with Gasteiger partial charge in [-0.3, -0.25) is 14.5 Å². The number of nitrogens with one attached hydrogen (secondary N) is 2. The Morgan fingerprint density at radius 2 is 2.09 bits per heavy atom. The zero-order valence-electron chi connectivity index (χ0n) is 17.9. The molecular formula is C23H23F2N5O3. The van der Waals surface area contributed by atoms with Crippen LogP contribution in [-0.4, -0.2) is 50.8 Å². The molecule has 0 aromatic carbocycles. The standard InChI is InChI=1S/C23H23F2N5O3/c1-15(30-11-9-23(24,25)18(14-30)16-5-8-20(31)28-12-16)22(32)29-19-7-6-17(13-27-19)33-21-4-2-3-10-26-21/h2-8,10,12-13,15,18H,9,11,14H2,1H3,(H,28,31)(H,27,29,32)/t15-,18+/m0/s1. The third-order valence-electron chi connectivity index (χ3n) is 5.64. The summed E-state index contributed by atoms with van der Waals surface area (Å²) in [5, 5.41) is 2.71. The van der Waals surface area contributed by atoms with Crippen molar-refractivity contribution in [2.24, 2.45) is 0 Å². The number of anilines is 1. The van der Waals surface area contributed by atoms with Gasteiger partial charge in [0.1, 0.15) is 11.6 Å². The van der Waals surface area contributed by atoms with E-state index in [4.69, 9.17) is 4.74 Å². The monoisotopic (exact) mass is 455 g/mol. The van der Waals surface area contributed by atoms with Crippen LogP contribution in [0.4, 0.5) is 14.6 Å². The average molecular weight is 455 g/mol. The van der Waals surface area contributed by atoms with Crippen LogP contribution in [-0.2, 0) is 4.79 Å². The fourth-order valence-corrected chi connectivity index (χ4v) is 3.71. The number of nitrogens with zero attached hydrogens (tertiary/aromatic N) is 3. The first kappa shape index (κ1) is 22.5. The van der Waals surface area contributed by atoms with Crippen LogP contribution in [0.2, 0.25) is 0 Å². The van der Waals surface area contributed by atoms with Crippen LogP contribution in [0.3, 0.4) is 0 Å². The zero-order valence-corrected chi connectivity index (χ0v) is 17.9. The molecule has 1 aliphatic heterocycles. The highest BCUT2D eigenvalue weighted by Crippen LogP contribution is 2.40. The number of rotatable bonds is 6. The smallest absolute Gasteiger partial charge is 0.257 e. The molecule has 172 valence electrons. The Hall–Kier alpha value is -3.66. The molecule has 2 atom stereocenters. The van der Waals surface area contributed by atoms with Gasteiger partial charge in [0.05, 0.1) is 18.2 Å². The van der Waals surface area contributed by atoms with Gasteiger partial charge in [-0.2, -0.15) is 0 Å². The summed E-state index contributed by atoms with van der Waals surface area (Å²) in [6, 6.07) is 10.5. The van der Waals surface area contributed by atoms with E-state index in [2.05, 4.69) is 20.3 Å². The van der Waals surface area contributed by atoms with E-state index in [1.807, 2.05) is 0 Å². The number of piperidine rings is 1. The van der Waals surface area contributed by atoms with Gasteiger partial charge in [0.25, 0.3) is 5.92 Å². The minimum atomic E-state index is -2.93. The van der Waals surface area contributed by atoms with Gasteiger partial charge < -0.3 is 15.0 Å². The van der Waals surface area contributed by atoms with Crippen LogP contribution >= 0.6 is 0 Å². The molecule has 3 aromatic rings. The molecule has 0 aliphatic carbocycles. The van der Waals surface area contributed by atoms with Gasteiger partial charge in [0, 0.05) is 44.0 Å². The van der Waals surface area contributed by atoms with E-state index in [1.54, 1.807) is 48.4 Å². The fraction of sp³-hybridized carbons (Fsp3) is 0.304. The Balaban J connectivity index is 1.39. The minimum Gasteiger partial charge on any atom is -0.437 e. The van der Waals surface area contributed by atoms with Crippen molar-refractivity contribution in [1.82, 2.24) is 19.9 Å². The number of carbonyl (C=O) groups is 1. The lowest BCUT2D eigenvalue weighted by Crippen LogP contribution is -2.52. The van der Waals surface area contributed by atoms with Gasteiger partial charge in [-0.25, -0.2) is 18.7 Å². The van der Waals surface area contributed by atoms with Gasteiger partial charge in [-0.15, -0.1) is 0 Å². The predicted octanol–water partition coefficient (Wildman–Crippen LogP) is 3.41. The molecule has 0 bridgehead atoms. The quantitative estimate of drug-likeness (QED) is 0.591. The van der Waals surface area contributed by atoms with E-state index in [0.717, 1.165) is 0 Å². The maximum atomic E-state index is 14.6. The van der Waals surface area contributed by atoms with Gasteiger partial charge >= 0.3 is 0 Å². The third kappa shape index (κ3) is 5.40. The highest BCUT2D eigenvalue weighted by atomic mass is 19.3. The lowest BCUT2D eigenvalue weighted by Gasteiger charge is -2.40. The summed E-state index contributed by atoms with van der Waals surface area (Å²) in [4.78, 5) is 36.5. The first-order valence-electron chi connectivity index (χ1n) is 10.5. The highest BCUT2D eigenvalue weighted by Gasteiger charge is 2.46. The molecule has 0 saturated carbocycles. The van der Waals surface area contributed by atoms with E-state index in [0.29, 0.717) is 23.0 Å². The largest absolute Gasteiger partial charge is 0.437 e. The van der Waals surface area contributed by atoms with Crippen molar-refractivity contribution in [3.05, 3.63) is 77.0 Å². The van der Waals surface area contributed by atoms with Gasteiger partial charge in [-0.05, 0) is 30.7 Å². The van der Waals surface area contributed by atoms with E-state index in [-0.39, 0.29) is 31.0 Å². The molecule has 33 heavy (non-hydrogen) atoms. The second kappa shape index (κ2) is 9.45. The number of pyridine rings is 3. The Bertz CT molecular complexity index is 1130. The molecule has 0 radical (unpaired) electrons. The first-order chi connectivity index (χ1) is 15.8. The number of hydrogen-bond donors (Lipinski definition) is 2. The van der Waals surface area contributed by atoms with Crippen molar-refractivity contribution in [2.45, 2.75) is 31.2 Å². The van der Waals surface area contributed by atoms with Crippen molar-refractivity contribution >= 4 is 11.7 Å². The van der Waals surface area contributed by atoms with Crippen molar-refractivity contribution in [2.75, 3.05) is 18.4 Å². The molecule has 0 spiro atoms. The Labute approximate surface area is 188 Å². The first-order valence-corrected chi connectivity index (χ1v) is 10.5. The zero-order chi connectivity index (χ0) is 23.4. The summed E-state index contributed by atoms with van der Waals surface area (Å²) >= 11 is 0. The lowest BCUT2D eigenvalue weighted by molar-refractivity contribution is -0.125. The van der Waals surface area contributed by atoms with Gasteiger partial charge in [0.2, 0.25) is 17.3 Å². The van der Waals surface area contributed by atoms with Crippen molar-refractivity contribution in [3.63, 3.8) is 0 Å². The number of amides is 1. The molecule has 1 saturated heterocycles. The summed E-state index contributed by atoms with van der Waals surface area (Å²) in [7, 11) is 0. The Morgan fingerprint density at radius 1 is 1.24 bits per heavy atom. The molecule has 1 aliphatic rings. The topological polar surface area (TPSA) is 100 Å². The number of hydrogen-bond acceptors (Lipinski definition) is 6. The summed E-state index contributed by atoms with van der Waals surface area (Å²) < 4.78 is 34.8. The summed E-state index contributed by atoms with van der Waals surface area (Å²) in [5.41, 5.74) is -0.0199. The number of carbonyl (C=O) groups excluding carboxylic acids is 1. The van der Waals surface area contributed by atoms with Crippen LogP contribution in [0.15, 0.2) is 65.8 Å². The molecule has 3 aromatic heterocycles. The van der Waals surface area contributed by atoms with Crippen LogP contribution in [0.5, 0.6) is 11.6 Å². The van der Waals surface area contributed by atoms with Crippen LogP contribution in [0.25, 0.3) is 0 Å². The van der Waals surface area contributed by atoms with Gasteiger partial charge in [-0.1, -0.05) is 12.1 Å². The number of aromatic nitrogens is 3. The molecule has 2 N–H and O–H groups in total. The maximum Gasteiger partial charge on any atom is 0.257 e. The molecule has 1 fully saturated rings. The molecule has 8 nitrogen and oxygen atoms in total. The van der Waals surface area contributed by atoms with E-state index >= 15 is 0 Å². The van der Waals surface area contributed by atoms with E-state index in [1.165, 1.54) is 24.5 Å². The second-order valence-electron chi connectivity index (χ2n) is 7.86. The van der Waals surface area contributed by atoms with Crippen molar-refractivity contribution < 1.29 is 18.3 Å². The minimum absolute atomic E-state index is 0.0160. The number of aromatic amines is 1. The number of alkyl halides is 2. The number of halogens is 2. The van der Waals surface area contributed by atoms with Crippen molar-refractivity contribution in [3.8, 4) is 11.6 Å². The number of H-pyrrole nitrogens is 1. The Kier molecular flexibility index (Phi) is 6.45. The molecule has 4 heterocycles. The normalized spacial score (nSPS) is 18.9. The summed E-state index contributed by atoms with van der Waals surface area (Å²) in [6.07, 6.45) is 4.00. The van der Waals surface area contributed by atoms with Crippen LogP contribution < -0.4 is 15.6 Å². The molecule has 4 rings (SSSR count). The molecule has 0 unspecified atom stereocenters. The molecule has 10 heteroatoms. The number of ether oxygens (including phenoxy) is 1. The average Bonchev–Trinajstić information content (AvgIpc) is 2.81. The SMILES string of the molecule is C[C@@H](C(=O)Nc1ccc(Oc2ccccn2)cn1)N1CCC(F)(F)[C@@H](c2ccc(=O)[nH]c2)C1. The van der Waals surface area contributed by atoms with Crippen LogP contribution in [0.1, 0.15) is 24.8 Å². The fourth-order valence-electron chi connectivity index (χ4n) is 3.71. The van der Waals surface area contributed by atoms with Crippen molar-refractivity contribution in [1.29, 1.82) is 0 Å². The molecular weight excluding hydrogens is 432 g/mol. The number of likely N-dealkylation sites (tertiary alicyclic amines) is 1. The highest BCUT2D eigenvalue weighted by molar-refractivity contribution is 5.93. The lowest BCUT2D eigenvalue weighted by atomic mass is 9.87. The van der Waals surface area contributed by atoms with Crippen LogP contribution in [0, 0.1) is 0 Å². The van der Waals surface area contributed by atoms with Gasteiger partial charge in [0.15, 0.2) is 0 Å². The Morgan fingerprint density at radius 3 is 2.76 bits per heavy atom. The summed E-state index contributed by atoms with van der Waals surface area (Å²) in [6.45, 7) is 1.73. The predicted molar refractivity (Wildman–Crippen MR) is 118 cm³/mol.